The Morgan fingerprint density at radius 3 is 1.74 bits per heavy atom. The van der Waals surface area contributed by atoms with Crippen LogP contribution in [-0.2, 0) is 0 Å². The van der Waals surface area contributed by atoms with Crippen LogP contribution in [0.25, 0.3) is 45.0 Å². The van der Waals surface area contributed by atoms with Crippen molar-refractivity contribution in [1.29, 1.82) is 0 Å². The highest BCUT2D eigenvalue weighted by molar-refractivity contribution is 6.34. The van der Waals surface area contributed by atoms with E-state index in [0.29, 0.717) is 10.8 Å². The van der Waals surface area contributed by atoms with Gasteiger partial charge in [0.05, 0.1) is 22.1 Å². The highest BCUT2D eigenvalue weighted by Gasteiger charge is 2.34. The van der Waals surface area contributed by atoms with E-state index < -0.39 is 0 Å². The quantitative estimate of drug-likeness (QED) is 0.202. The van der Waals surface area contributed by atoms with Gasteiger partial charge in [-0.1, -0.05) is 139 Å². The molecule has 2 aromatic heterocycles. The summed E-state index contributed by atoms with van der Waals surface area (Å²) in [4.78, 5) is 17.1. The highest BCUT2D eigenvalue weighted by Crippen LogP contribution is 2.48. The van der Waals surface area contributed by atoms with Gasteiger partial charge in [0.2, 0.25) is 0 Å². The lowest BCUT2D eigenvalue weighted by Crippen LogP contribution is -2.23. The van der Waals surface area contributed by atoms with Gasteiger partial charge in [-0.05, 0) is 41.0 Å². The van der Waals surface area contributed by atoms with Gasteiger partial charge in [-0.15, -0.1) is 0 Å². The predicted molar refractivity (Wildman–Crippen MR) is 188 cm³/mol. The summed E-state index contributed by atoms with van der Waals surface area (Å²) in [5.41, 5.74) is 9.90. The second-order valence-corrected chi connectivity index (χ2v) is 11.5. The SMILES string of the molecule is Clc1ccnc2c1NC(c1ccc(-c3ccccc3)cc1)N2c1cccc(-c2nc(-c3ccccc3)cc(-c3ccccc3)n2)c1. The number of fused-ring (bicyclic) bond motifs is 1. The lowest BCUT2D eigenvalue weighted by molar-refractivity contribution is 0.820. The monoisotopic (exact) mass is 613 g/mol. The molecule has 0 saturated heterocycles. The summed E-state index contributed by atoms with van der Waals surface area (Å²) in [6.45, 7) is 0. The third-order valence-electron chi connectivity index (χ3n) is 8.23. The zero-order chi connectivity index (χ0) is 30.9. The van der Waals surface area contributed by atoms with Crippen molar-refractivity contribution in [3.8, 4) is 45.0 Å². The molecule has 1 N–H and O–H groups in total. The van der Waals surface area contributed by atoms with E-state index in [-0.39, 0.29) is 6.17 Å². The van der Waals surface area contributed by atoms with Gasteiger partial charge in [0.15, 0.2) is 11.6 Å². The van der Waals surface area contributed by atoms with E-state index in [9.17, 15) is 0 Å². The first-order chi connectivity index (χ1) is 22.7. The average Bonchev–Trinajstić information content (AvgIpc) is 3.54. The molecule has 0 amide bonds. The molecular formula is C40H28ClN5. The van der Waals surface area contributed by atoms with Crippen LogP contribution in [0.2, 0.25) is 5.02 Å². The Hall–Kier alpha value is -5.78. The second-order valence-electron chi connectivity index (χ2n) is 11.1. The number of nitrogens with one attached hydrogen (secondary N) is 1. The molecule has 5 nitrogen and oxygen atoms in total. The third kappa shape index (κ3) is 5.27. The lowest BCUT2D eigenvalue weighted by atomic mass is 10.0. The molecule has 1 unspecified atom stereocenters. The molecule has 3 heterocycles. The summed E-state index contributed by atoms with van der Waals surface area (Å²) in [7, 11) is 0. The van der Waals surface area contributed by atoms with E-state index in [2.05, 4.69) is 107 Å². The van der Waals surface area contributed by atoms with E-state index in [1.165, 1.54) is 5.56 Å². The fourth-order valence-corrected chi connectivity index (χ4v) is 6.14. The minimum Gasteiger partial charge on any atom is -0.357 e. The van der Waals surface area contributed by atoms with Gasteiger partial charge in [-0.25, -0.2) is 15.0 Å². The number of aromatic nitrogens is 3. The van der Waals surface area contributed by atoms with Gasteiger partial charge in [-0.2, -0.15) is 0 Å². The van der Waals surface area contributed by atoms with Crippen LogP contribution in [0.1, 0.15) is 11.7 Å². The zero-order valence-electron chi connectivity index (χ0n) is 24.8. The summed E-state index contributed by atoms with van der Waals surface area (Å²) in [6, 6.07) is 51.7. The molecule has 6 heteroatoms. The van der Waals surface area contributed by atoms with Crippen molar-refractivity contribution in [2.24, 2.45) is 0 Å². The topological polar surface area (TPSA) is 53.9 Å². The smallest absolute Gasteiger partial charge is 0.160 e. The first-order valence-electron chi connectivity index (χ1n) is 15.2. The van der Waals surface area contributed by atoms with Crippen molar-refractivity contribution in [2.45, 2.75) is 6.17 Å². The summed E-state index contributed by atoms with van der Waals surface area (Å²) >= 11 is 6.71. The molecule has 1 aliphatic rings. The van der Waals surface area contributed by atoms with E-state index >= 15 is 0 Å². The van der Waals surface area contributed by atoms with Crippen LogP contribution in [-0.4, -0.2) is 15.0 Å². The number of hydrogen-bond acceptors (Lipinski definition) is 5. The van der Waals surface area contributed by atoms with Gasteiger partial charge < -0.3 is 5.32 Å². The Morgan fingerprint density at radius 2 is 1.11 bits per heavy atom. The minimum atomic E-state index is -0.223. The Morgan fingerprint density at radius 1 is 0.543 bits per heavy atom. The minimum absolute atomic E-state index is 0.223. The summed E-state index contributed by atoms with van der Waals surface area (Å²) < 4.78 is 0. The number of anilines is 3. The Labute approximate surface area is 272 Å². The molecule has 8 rings (SSSR count). The average molecular weight is 614 g/mol. The number of benzene rings is 5. The van der Waals surface area contributed by atoms with E-state index in [4.69, 9.17) is 26.6 Å². The standard InChI is InChI=1S/C40H28ClN5/c41-34-23-24-42-40-37(34)45-39(31-21-19-28(20-22-31)27-11-4-1-5-12-27)46(40)33-18-10-17-32(25-33)38-43-35(29-13-6-2-7-14-29)26-36(44-38)30-15-8-3-9-16-30/h1-26,39,45H. The Kier molecular flexibility index (Phi) is 7.21. The van der Waals surface area contributed by atoms with Gasteiger partial charge in [0.25, 0.3) is 0 Å². The molecule has 46 heavy (non-hydrogen) atoms. The van der Waals surface area contributed by atoms with Crippen molar-refractivity contribution in [3.63, 3.8) is 0 Å². The van der Waals surface area contributed by atoms with Crippen LogP contribution in [0.15, 0.2) is 158 Å². The molecule has 220 valence electrons. The van der Waals surface area contributed by atoms with E-state index in [0.717, 1.165) is 56.4 Å². The maximum Gasteiger partial charge on any atom is 0.160 e. The van der Waals surface area contributed by atoms with Crippen LogP contribution in [0.5, 0.6) is 0 Å². The molecule has 0 bridgehead atoms. The molecule has 1 aliphatic heterocycles. The number of hydrogen-bond donors (Lipinski definition) is 1. The maximum atomic E-state index is 6.71. The molecule has 0 fully saturated rings. The lowest BCUT2D eigenvalue weighted by Gasteiger charge is -2.27. The summed E-state index contributed by atoms with van der Waals surface area (Å²) in [5.74, 6) is 1.42. The van der Waals surface area contributed by atoms with Crippen LogP contribution in [0.4, 0.5) is 17.2 Å². The molecule has 0 radical (unpaired) electrons. The highest BCUT2D eigenvalue weighted by atomic mass is 35.5. The molecule has 0 spiro atoms. The fraction of sp³-hybridized carbons (Fsp3) is 0.0250. The molecule has 5 aromatic carbocycles. The van der Waals surface area contributed by atoms with Crippen molar-refractivity contribution in [3.05, 3.63) is 168 Å². The first-order valence-corrected chi connectivity index (χ1v) is 15.6. The van der Waals surface area contributed by atoms with Crippen LogP contribution >= 0.6 is 11.6 Å². The molecule has 7 aromatic rings. The third-order valence-corrected chi connectivity index (χ3v) is 8.54. The molecular weight excluding hydrogens is 586 g/mol. The molecule has 0 aliphatic carbocycles. The predicted octanol–water partition coefficient (Wildman–Crippen LogP) is 10.5. The van der Waals surface area contributed by atoms with Crippen molar-refractivity contribution in [2.75, 3.05) is 10.2 Å². The Bertz CT molecular complexity index is 2080. The summed E-state index contributed by atoms with van der Waals surface area (Å²) in [5, 5.41) is 4.27. The first kappa shape index (κ1) is 27.7. The normalized spacial score (nSPS) is 13.7. The van der Waals surface area contributed by atoms with Gasteiger partial charge in [0.1, 0.15) is 6.17 Å². The number of pyridine rings is 1. The maximum absolute atomic E-state index is 6.71. The number of rotatable bonds is 6. The molecule has 0 saturated carbocycles. The van der Waals surface area contributed by atoms with Crippen LogP contribution < -0.4 is 10.2 Å². The summed E-state index contributed by atoms with van der Waals surface area (Å²) in [6.07, 6.45) is 1.53. The van der Waals surface area contributed by atoms with E-state index in [1.54, 1.807) is 6.20 Å². The van der Waals surface area contributed by atoms with Crippen molar-refractivity contribution in [1.82, 2.24) is 15.0 Å². The van der Waals surface area contributed by atoms with Crippen LogP contribution in [0, 0.1) is 0 Å². The van der Waals surface area contributed by atoms with Crippen molar-refractivity contribution >= 4 is 28.8 Å². The second kappa shape index (κ2) is 12.0. The van der Waals surface area contributed by atoms with E-state index in [1.807, 2.05) is 54.6 Å². The Balaban J connectivity index is 1.22. The van der Waals surface area contributed by atoms with Gasteiger partial charge in [0, 0.05) is 28.6 Å². The van der Waals surface area contributed by atoms with Crippen molar-refractivity contribution < 1.29 is 0 Å². The fourth-order valence-electron chi connectivity index (χ4n) is 5.94. The largest absolute Gasteiger partial charge is 0.357 e. The zero-order valence-corrected chi connectivity index (χ0v) is 25.5. The van der Waals surface area contributed by atoms with Crippen LogP contribution in [0.3, 0.4) is 0 Å². The van der Waals surface area contributed by atoms with Gasteiger partial charge in [-0.3, -0.25) is 4.90 Å². The number of halogens is 1. The molecule has 1 atom stereocenters. The number of nitrogens with zero attached hydrogens (tertiary/aromatic N) is 4. The van der Waals surface area contributed by atoms with Gasteiger partial charge >= 0.3 is 0 Å².